The number of para-hydroxylation sites is 1. The van der Waals surface area contributed by atoms with Crippen LogP contribution in [-0.4, -0.2) is 4.98 Å². The van der Waals surface area contributed by atoms with Gasteiger partial charge in [0.15, 0.2) is 0 Å². The van der Waals surface area contributed by atoms with Gasteiger partial charge in [-0.3, -0.25) is 0 Å². The maximum Gasteiger partial charge on any atom is 0.0716 e. The fraction of sp³-hybridized carbons (Fsp3) is 0.136. The minimum Gasteiger partial charge on any atom is -0.248 e. The Balaban J connectivity index is 1.93. The summed E-state index contributed by atoms with van der Waals surface area (Å²) in [5, 5.41) is 1.21. The van der Waals surface area contributed by atoms with Crippen molar-refractivity contribution in [2.75, 3.05) is 0 Å². The van der Waals surface area contributed by atoms with Gasteiger partial charge in [-0.1, -0.05) is 71.4 Å². The lowest BCUT2D eigenvalue weighted by Gasteiger charge is -2.15. The van der Waals surface area contributed by atoms with E-state index in [1.807, 2.05) is 6.07 Å². The number of pyridine rings is 1. The van der Waals surface area contributed by atoms with Crippen LogP contribution in [0.15, 0.2) is 77.3 Å². The highest BCUT2D eigenvalue weighted by molar-refractivity contribution is 9.10. The number of hydrogen-bond donors (Lipinski definition) is 0. The molecule has 1 aliphatic rings. The average Bonchev–Trinajstić information content (AvgIpc) is 2.61. The van der Waals surface area contributed by atoms with Crippen LogP contribution in [0.4, 0.5) is 0 Å². The molecule has 0 saturated heterocycles. The van der Waals surface area contributed by atoms with Crippen molar-refractivity contribution in [1.29, 1.82) is 0 Å². The highest BCUT2D eigenvalue weighted by Crippen LogP contribution is 2.33. The van der Waals surface area contributed by atoms with Gasteiger partial charge in [-0.05, 0) is 47.7 Å². The molecule has 0 spiro atoms. The molecular weight excluding hydrogens is 358 g/mol. The molecule has 2 heteroatoms. The van der Waals surface area contributed by atoms with E-state index in [-0.39, 0.29) is 0 Å². The third-order valence-corrected chi connectivity index (χ3v) is 4.95. The van der Waals surface area contributed by atoms with Crippen molar-refractivity contribution in [3.8, 4) is 11.3 Å². The maximum absolute atomic E-state index is 4.88. The van der Waals surface area contributed by atoms with Gasteiger partial charge >= 0.3 is 0 Å². The van der Waals surface area contributed by atoms with Crippen LogP contribution in [0.25, 0.3) is 27.7 Å². The standard InChI is InChI=1S/C22H18BrN/c1-15-9-11-16(12-10-15)20-14-22(17-5-4-6-18(23)13-17)24-21-8-3-2-7-19(20)21/h2-9,11-15H,10H2,1H3. The molecule has 0 saturated carbocycles. The van der Waals surface area contributed by atoms with Crippen molar-refractivity contribution in [3.63, 3.8) is 0 Å². The molecule has 1 heterocycles. The van der Waals surface area contributed by atoms with Crippen LogP contribution in [0.3, 0.4) is 0 Å². The van der Waals surface area contributed by atoms with E-state index >= 15 is 0 Å². The molecule has 24 heavy (non-hydrogen) atoms. The lowest BCUT2D eigenvalue weighted by atomic mass is 9.91. The predicted molar refractivity (Wildman–Crippen MR) is 106 cm³/mol. The van der Waals surface area contributed by atoms with Gasteiger partial charge in [0.05, 0.1) is 11.2 Å². The summed E-state index contributed by atoms with van der Waals surface area (Å²) in [5.74, 6) is 0.617. The lowest BCUT2D eigenvalue weighted by Crippen LogP contribution is -1.97. The molecule has 3 aromatic rings. The molecule has 0 N–H and O–H groups in total. The lowest BCUT2D eigenvalue weighted by molar-refractivity contribution is 0.739. The number of aromatic nitrogens is 1. The molecule has 1 unspecified atom stereocenters. The first-order chi connectivity index (χ1) is 11.7. The summed E-state index contributed by atoms with van der Waals surface area (Å²) in [6.07, 6.45) is 7.98. The normalized spacial score (nSPS) is 17.1. The maximum atomic E-state index is 4.88. The third-order valence-electron chi connectivity index (χ3n) is 4.46. The summed E-state index contributed by atoms with van der Waals surface area (Å²) >= 11 is 3.56. The van der Waals surface area contributed by atoms with Gasteiger partial charge in [0.1, 0.15) is 0 Å². The predicted octanol–water partition coefficient (Wildman–Crippen LogP) is 6.64. The Hall–Kier alpha value is -2.19. The zero-order valence-electron chi connectivity index (χ0n) is 13.5. The van der Waals surface area contributed by atoms with Gasteiger partial charge in [-0.2, -0.15) is 0 Å². The quantitative estimate of drug-likeness (QED) is 0.488. The summed E-state index contributed by atoms with van der Waals surface area (Å²) in [7, 11) is 0. The van der Waals surface area contributed by atoms with Crippen molar-refractivity contribution in [2.45, 2.75) is 13.3 Å². The Labute approximate surface area is 150 Å². The zero-order chi connectivity index (χ0) is 16.5. The van der Waals surface area contributed by atoms with Crippen LogP contribution in [-0.2, 0) is 0 Å². The molecule has 0 amide bonds. The molecule has 0 fully saturated rings. The van der Waals surface area contributed by atoms with Gasteiger partial charge in [-0.25, -0.2) is 4.98 Å². The minimum atomic E-state index is 0.617. The topological polar surface area (TPSA) is 12.9 Å². The molecule has 0 bridgehead atoms. The first-order valence-corrected chi connectivity index (χ1v) is 9.04. The number of hydrogen-bond acceptors (Lipinski definition) is 1. The first-order valence-electron chi connectivity index (χ1n) is 8.25. The number of allylic oxidation sites excluding steroid dienone is 4. The number of halogens is 1. The molecule has 1 aromatic heterocycles. The summed E-state index contributed by atoms with van der Waals surface area (Å²) in [6.45, 7) is 2.25. The summed E-state index contributed by atoms with van der Waals surface area (Å²) in [4.78, 5) is 4.88. The van der Waals surface area contributed by atoms with Gasteiger partial charge in [-0.15, -0.1) is 0 Å². The van der Waals surface area contributed by atoms with Gasteiger partial charge in [0.2, 0.25) is 0 Å². The van der Waals surface area contributed by atoms with Crippen molar-refractivity contribution in [3.05, 3.63) is 82.9 Å². The molecule has 2 aromatic carbocycles. The molecule has 1 atom stereocenters. The first kappa shape index (κ1) is 15.3. The van der Waals surface area contributed by atoms with Gasteiger partial charge in [0, 0.05) is 15.4 Å². The highest BCUT2D eigenvalue weighted by Gasteiger charge is 2.12. The van der Waals surface area contributed by atoms with Crippen molar-refractivity contribution < 1.29 is 0 Å². The minimum absolute atomic E-state index is 0.617. The van der Waals surface area contributed by atoms with Crippen LogP contribution in [0.2, 0.25) is 0 Å². The van der Waals surface area contributed by atoms with Crippen molar-refractivity contribution in [2.24, 2.45) is 5.92 Å². The second-order valence-electron chi connectivity index (χ2n) is 6.31. The summed E-state index contributed by atoms with van der Waals surface area (Å²) < 4.78 is 1.07. The Morgan fingerprint density at radius 3 is 2.71 bits per heavy atom. The van der Waals surface area contributed by atoms with E-state index in [9.17, 15) is 0 Å². The van der Waals surface area contributed by atoms with Crippen molar-refractivity contribution in [1.82, 2.24) is 4.98 Å². The number of nitrogens with zero attached hydrogens (tertiary/aromatic N) is 1. The van der Waals surface area contributed by atoms with Crippen LogP contribution in [0, 0.1) is 5.92 Å². The molecule has 118 valence electrons. The van der Waals surface area contributed by atoms with E-state index in [2.05, 4.69) is 89.6 Å². The number of benzene rings is 2. The molecule has 0 radical (unpaired) electrons. The molecular formula is C22H18BrN. The van der Waals surface area contributed by atoms with E-state index in [1.54, 1.807) is 0 Å². The monoisotopic (exact) mass is 375 g/mol. The van der Waals surface area contributed by atoms with E-state index < -0.39 is 0 Å². The Morgan fingerprint density at radius 2 is 1.92 bits per heavy atom. The summed E-state index contributed by atoms with van der Waals surface area (Å²) in [5.41, 5.74) is 5.74. The summed E-state index contributed by atoms with van der Waals surface area (Å²) in [6, 6.07) is 18.9. The second-order valence-corrected chi connectivity index (χ2v) is 7.23. The Morgan fingerprint density at radius 1 is 1.04 bits per heavy atom. The molecule has 1 nitrogen and oxygen atoms in total. The Kier molecular flexibility index (Phi) is 4.07. The zero-order valence-corrected chi connectivity index (χ0v) is 15.1. The van der Waals surface area contributed by atoms with E-state index in [4.69, 9.17) is 4.98 Å². The van der Waals surface area contributed by atoms with E-state index in [0.29, 0.717) is 5.92 Å². The average molecular weight is 376 g/mol. The highest BCUT2D eigenvalue weighted by atomic mass is 79.9. The van der Waals surface area contributed by atoms with Crippen LogP contribution < -0.4 is 0 Å². The van der Waals surface area contributed by atoms with E-state index in [0.717, 1.165) is 27.7 Å². The SMILES string of the molecule is CC1C=CC(c2cc(-c3cccc(Br)c3)nc3ccccc23)=CC1. The number of fused-ring (bicyclic) bond motifs is 1. The van der Waals surface area contributed by atoms with Crippen LogP contribution in [0.1, 0.15) is 18.9 Å². The van der Waals surface area contributed by atoms with Gasteiger partial charge in [0.25, 0.3) is 0 Å². The van der Waals surface area contributed by atoms with Crippen molar-refractivity contribution >= 4 is 32.4 Å². The smallest absolute Gasteiger partial charge is 0.0716 e. The molecule has 4 rings (SSSR count). The Bertz CT molecular complexity index is 969. The number of rotatable bonds is 2. The van der Waals surface area contributed by atoms with E-state index in [1.165, 1.54) is 16.5 Å². The molecule has 0 aliphatic heterocycles. The van der Waals surface area contributed by atoms with Crippen LogP contribution in [0.5, 0.6) is 0 Å². The van der Waals surface area contributed by atoms with Crippen LogP contribution >= 0.6 is 15.9 Å². The second kappa shape index (κ2) is 6.37. The largest absolute Gasteiger partial charge is 0.248 e. The van der Waals surface area contributed by atoms with Gasteiger partial charge < -0.3 is 0 Å². The third kappa shape index (κ3) is 2.94. The fourth-order valence-corrected chi connectivity index (χ4v) is 3.54. The molecule has 1 aliphatic carbocycles. The fourth-order valence-electron chi connectivity index (χ4n) is 3.14.